The van der Waals surface area contributed by atoms with Gasteiger partial charge in [0.05, 0.1) is 0 Å². The molecule has 0 amide bonds. The predicted octanol–water partition coefficient (Wildman–Crippen LogP) is -1.30. The summed E-state index contributed by atoms with van der Waals surface area (Å²) in [4.78, 5) is 9.45. The molecule has 0 radical (unpaired) electrons. The van der Waals surface area contributed by atoms with Crippen molar-refractivity contribution in [1.82, 2.24) is 6.15 Å². The summed E-state index contributed by atoms with van der Waals surface area (Å²) in [5.41, 5.74) is 0. The number of carbonyl (C=O) groups is 1. The van der Waals surface area contributed by atoms with Crippen LogP contribution in [0.1, 0.15) is 6.92 Å². The van der Waals surface area contributed by atoms with E-state index in [1.165, 1.54) is 6.92 Å². The van der Waals surface area contributed by atoms with Crippen molar-refractivity contribution in [3.05, 3.63) is 0 Å². The Balaban J connectivity index is -0.000000125. The number of aliphatic hydroxyl groups excluding tert-OH is 1. The van der Waals surface area contributed by atoms with Crippen LogP contribution >= 0.6 is 0 Å². The third-order valence-corrected chi connectivity index (χ3v) is 0.357. The fourth-order valence-corrected chi connectivity index (χ4v) is 0. The third-order valence-electron chi connectivity index (χ3n) is 0.357. The topological polar surface area (TPSA) is 92.5 Å². The average molecular weight is 149 g/mol. The van der Waals surface area contributed by atoms with E-state index in [0.717, 1.165) is 0 Å². The van der Waals surface area contributed by atoms with Crippen molar-refractivity contribution in [1.29, 1.82) is 0 Å². The van der Waals surface area contributed by atoms with E-state index in [4.69, 9.17) is 10.2 Å². The zero-order valence-electron chi connectivity index (χ0n) is 4.09. The second-order valence-electron chi connectivity index (χ2n) is 1.01. The Morgan fingerprint density at radius 2 is 1.75 bits per heavy atom. The van der Waals surface area contributed by atoms with E-state index in [2.05, 4.69) is 0 Å². The number of carboxylic acid groups (broad SMARTS) is 1. The molecule has 1 atom stereocenters. The van der Waals surface area contributed by atoms with Gasteiger partial charge in [-0.2, -0.15) is 0 Å². The van der Waals surface area contributed by atoms with Gasteiger partial charge in [0.15, 0.2) is 0 Å². The SMILES string of the molecule is CC(O)C(=O)O.N.[CaH2]. The molecule has 48 valence electrons. The number of rotatable bonds is 1. The molecule has 0 aliphatic carbocycles. The van der Waals surface area contributed by atoms with Gasteiger partial charge >= 0.3 is 43.7 Å². The van der Waals surface area contributed by atoms with E-state index in [1.54, 1.807) is 0 Å². The zero-order valence-corrected chi connectivity index (χ0v) is 4.09. The summed E-state index contributed by atoms with van der Waals surface area (Å²) in [6.07, 6.45) is -1.23. The molecule has 5 heteroatoms. The van der Waals surface area contributed by atoms with Crippen LogP contribution in [0.15, 0.2) is 0 Å². The summed E-state index contributed by atoms with van der Waals surface area (Å²) < 4.78 is 0. The van der Waals surface area contributed by atoms with Crippen LogP contribution in [-0.2, 0) is 4.79 Å². The predicted molar refractivity (Wildman–Crippen MR) is 32.9 cm³/mol. The van der Waals surface area contributed by atoms with Gasteiger partial charge in [0, 0.05) is 0 Å². The first kappa shape index (κ1) is 15.9. The molecule has 0 spiro atoms. The molecule has 8 heavy (non-hydrogen) atoms. The maximum atomic E-state index is 9.45. The molecular formula is C3H11CaNO3. The molecule has 4 nitrogen and oxygen atoms in total. The number of aliphatic carboxylic acids is 1. The Morgan fingerprint density at radius 1 is 1.62 bits per heavy atom. The molecule has 0 aliphatic heterocycles. The number of carboxylic acids is 1. The molecule has 0 saturated carbocycles. The zero-order chi connectivity index (χ0) is 5.15. The molecule has 0 bridgehead atoms. The Bertz CT molecular complexity index is 65.5. The Morgan fingerprint density at radius 3 is 1.75 bits per heavy atom. The van der Waals surface area contributed by atoms with E-state index < -0.39 is 12.1 Å². The Labute approximate surface area is 77.5 Å². The van der Waals surface area contributed by atoms with Crippen molar-refractivity contribution in [2.45, 2.75) is 13.0 Å². The van der Waals surface area contributed by atoms with Crippen molar-refractivity contribution in [3.63, 3.8) is 0 Å². The first-order valence-electron chi connectivity index (χ1n) is 1.55. The second kappa shape index (κ2) is 7.65. The molecule has 0 saturated heterocycles. The monoisotopic (exact) mass is 149 g/mol. The minimum absolute atomic E-state index is 0. The fraction of sp³-hybridized carbons (Fsp3) is 0.667. The van der Waals surface area contributed by atoms with Gasteiger partial charge in [0.1, 0.15) is 6.10 Å². The molecule has 0 rings (SSSR count). The molecule has 0 aromatic rings. The summed E-state index contributed by atoms with van der Waals surface area (Å²) in [7, 11) is 0. The van der Waals surface area contributed by atoms with Crippen molar-refractivity contribution in [3.8, 4) is 0 Å². The maximum absolute atomic E-state index is 9.45. The minimum atomic E-state index is -1.23. The van der Waals surface area contributed by atoms with Crippen molar-refractivity contribution >= 4 is 43.7 Å². The van der Waals surface area contributed by atoms with Crippen LogP contribution in [0.3, 0.4) is 0 Å². The van der Waals surface area contributed by atoms with Gasteiger partial charge in [0.2, 0.25) is 0 Å². The normalized spacial score (nSPS) is 10.2. The van der Waals surface area contributed by atoms with Crippen molar-refractivity contribution in [2.75, 3.05) is 0 Å². The summed E-state index contributed by atoms with van der Waals surface area (Å²) >= 11 is 0. The van der Waals surface area contributed by atoms with Crippen LogP contribution in [0, 0.1) is 0 Å². The molecular weight excluding hydrogens is 138 g/mol. The average Bonchev–Trinajstić information content (AvgIpc) is 1.36. The quantitative estimate of drug-likeness (QED) is 0.404. The van der Waals surface area contributed by atoms with Crippen LogP contribution in [-0.4, -0.2) is 60.0 Å². The molecule has 0 aliphatic rings. The molecule has 0 fully saturated rings. The summed E-state index contributed by atoms with van der Waals surface area (Å²) in [6.45, 7) is 1.20. The first-order valence-corrected chi connectivity index (χ1v) is 1.55. The van der Waals surface area contributed by atoms with Gasteiger partial charge in [-0.25, -0.2) is 4.79 Å². The molecule has 1 unspecified atom stereocenters. The Kier molecular flexibility index (Phi) is 15.2. The second-order valence-corrected chi connectivity index (χ2v) is 1.01. The van der Waals surface area contributed by atoms with E-state index in [0.29, 0.717) is 0 Å². The van der Waals surface area contributed by atoms with Gasteiger partial charge in [0.25, 0.3) is 0 Å². The molecule has 0 heterocycles. The van der Waals surface area contributed by atoms with E-state index in [1.807, 2.05) is 0 Å². The summed E-state index contributed by atoms with van der Waals surface area (Å²) in [5.74, 6) is -1.19. The molecule has 0 aromatic heterocycles. The van der Waals surface area contributed by atoms with E-state index in [9.17, 15) is 4.79 Å². The van der Waals surface area contributed by atoms with Crippen LogP contribution in [0.25, 0.3) is 0 Å². The Hall–Kier alpha value is 0.650. The van der Waals surface area contributed by atoms with Gasteiger partial charge in [-0.05, 0) is 6.92 Å². The number of hydrogen-bond donors (Lipinski definition) is 3. The van der Waals surface area contributed by atoms with Gasteiger partial charge < -0.3 is 16.4 Å². The summed E-state index contributed by atoms with van der Waals surface area (Å²) in [5, 5.41) is 15.8. The van der Waals surface area contributed by atoms with Gasteiger partial charge in [-0.15, -0.1) is 0 Å². The van der Waals surface area contributed by atoms with Crippen LogP contribution < -0.4 is 6.15 Å². The van der Waals surface area contributed by atoms with Crippen LogP contribution in [0.4, 0.5) is 0 Å². The third kappa shape index (κ3) is 9.82. The summed E-state index contributed by atoms with van der Waals surface area (Å²) in [6, 6.07) is 0. The van der Waals surface area contributed by atoms with Crippen molar-refractivity contribution in [2.24, 2.45) is 0 Å². The molecule has 5 N–H and O–H groups in total. The molecule has 0 aromatic carbocycles. The first-order chi connectivity index (χ1) is 2.64. The number of hydrogen-bond acceptors (Lipinski definition) is 3. The van der Waals surface area contributed by atoms with Gasteiger partial charge in [-0.3, -0.25) is 0 Å². The van der Waals surface area contributed by atoms with E-state index >= 15 is 0 Å². The van der Waals surface area contributed by atoms with Gasteiger partial charge in [-0.1, -0.05) is 0 Å². The van der Waals surface area contributed by atoms with E-state index in [-0.39, 0.29) is 43.9 Å². The van der Waals surface area contributed by atoms with Crippen LogP contribution in [0.2, 0.25) is 0 Å². The fourth-order valence-electron chi connectivity index (χ4n) is 0. The van der Waals surface area contributed by atoms with Crippen LogP contribution in [0.5, 0.6) is 0 Å². The standard InChI is InChI=1S/C3H6O3.Ca.H3N.2H/c1-2(4)3(5)6;;;;/h2,4H,1H3,(H,5,6);;1H3;;. The number of aliphatic hydroxyl groups is 1. The van der Waals surface area contributed by atoms with Crippen molar-refractivity contribution < 1.29 is 15.0 Å².